The predicted octanol–water partition coefficient (Wildman–Crippen LogP) is 3.39. The average Bonchev–Trinajstić information content (AvgIpc) is 3.05. The number of benzene rings is 1. The van der Waals surface area contributed by atoms with E-state index in [9.17, 15) is 5.11 Å². The molecule has 24 heavy (non-hydrogen) atoms. The van der Waals surface area contributed by atoms with Gasteiger partial charge in [-0.1, -0.05) is 6.07 Å². The quantitative estimate of drug-likeness (QED) is 0.811. The molecule has 0 amide bonds. The van der Waals surface area contributed by atoms with Gasteiger partial charge in [0, 0.05) is 25.3 Å². The molecular formula is C20H32N2O2. The molecule has 134 valence electrons. The molecule has 2 atom stereocenters. The largest absolute Gasteiger partial charge is 0.372 e. The topological polar surface area (TPSA) is 44.7 Å². The van der Waals surface area contributed by atoms with Gasteiger partial charge in [0.25, 0.3) is 0 Å². The first kappa shape index (κ1) is 17.7. The lowest BCUT2D eigenvalue weighted by molar-refractivity contribution is -0.181. The van der Waals surface area contributed by atoms with Crippen LogP contribution in [0.2, 0.25) is 0 Å². The molecule has 0 saturated carbocycles. The van der Waals surface area contributed by atoms with Gasteiger partial charge in [0.05, 0.1) is 5.60 Å². The fourth-order valence-electron chi connectivity index (χ4n) is 3.91. The highest BCUT2D eigenvalue weighted by Crippen LogP contribution is 2.34. The van der Waals surface area contributed by atoms with Crippen LogP contribution in [0.25, 0.3) is 0 Å². The molecule has 2 N–H and O–H groups in total. The van der Waals surface area contributed by atoms with Crippen molar-refractivity contribution in [1.82, 2.24) is 5.32 Å². The van der Waals surface area contributed by atoms with E-state index in [0.717, 1.165) is 6.54 Å². The summed E-state index contributed by atoms with van der Waals surface area (Å²) in [6.45, 7) is 9.00. The van der Waals surface area contributed by atoms with Crippen LogP contribution in [0.15, 0.2) is 18.2 Å². The number of anilines is 1. The fourth-order valence-corrected chi connectivity index (χ4v) is 3.91. The summed E-state index contributed by atoms with van der Waals surface area (Å²) in [6, 6.07) is 6.99. The van der Waals surface area contributed by atoms with Crippen molar-refractivity contribution in [2.45, 2.75) is 70.8 Å². The summed E-state index contributed by atoms with van der Waals surface area (Å²) in [6.07, 6.45) is 5.29. The van der Waals surface area contributed by atoms with Crippen molar-refractivity contribution in [3.8, 4) is 0 Å². The van der Waals surface area contributed by atoms with E-state index in [1.807, 2.05) is 20.8 Å². The van der Waals surface area contributed by atoms with E-state index in [0.29, 0.717) is 5.92 Å². The van der Waals surface area contributed by atoms with Crippen LogP contribution in [-0.2, 0) is 11.2 Å². The van der Waals surface area contributed by atoms with E-state index < -0.39 is 6.41 Å². The second-order valence-corrected chi connectivity index (χ2v) is 8.16. The Morgan fingerprint density at radius 3 is 2.71 bits per heavy atom. The molecule has 1 heterocycles. The molecule has 1 saturated heterocycles. The third kappa shape index (κ3) is 4.50. The van der Waals surface area contributed by atoms with Crippen LogP contribution in [0.1, 0.15) is 63.5 Å². The normalized spacial score (nSPS) is 22.5. The van der Waals surface area contributed by atoms with Crippen LogP contribution < -0.4 is 10.2 Å². The number of aliphatic hydroxyl groups is 1. The van der Waals surface area contributed by atoms with Gasteiger partial charge in [-0.25, -0.2) is 0 Å². The van der Waals surface area contributed by atoms with Crippen LogP contribution in [0, 0.1) is 0 Å². The molecular weight excluding hydrogens is 300 g/mol. The molecule has 0 bridgehead atoms. The number of aliphatic hydroxyl groups excluding tert-OH is 1. The summed E-state index contributed by atoms with van der Waals surface area (Å²) in [5.74, 6) is 0.458. The summed E-state index contributed by atoms with van der Waals surface area (Å²) < 4.78 is 5.54. The van der Waals surface area contributed by atoms with Crippen LogP contribution >= 0.6 is 0 Å². The number of fused-ring (bicyclic) bond motifs is 1. The van der Waals surface area contributed by atoms with Crippen molar-refractivity contribution < 1.29 is 9.84 Å². The summed E-state index contributed by atoms with van der Waals surface area (Å²) in [7, 11) is 0. The zero-order valence-corrected chi connectivity index (χ0v) is 15.3. The molecule has 1 aliphatic heterocycles. The van der Waals surface area contributed by atoms with Crippen molar-refractivity contribution in [3.63, 3.8) is 0 Å². The average molecular weight is 332 g/mol. The maximum absolute atomic E-state index is 10.0. The Bertz CT molecular complexity index is 547. The number of hydrogen-bond donors (Lipinski definition) is 2. The zero-order valence-electron chi connectivity index (χ0n) is 15.3. The van der Waals surface area contributed by atoms with Crippen molar-refractivity contribution in [3.05, 3.63) is 29.3 Å². The van der Waals surface area contributed by atoms with Gasteiger partial charge in [0.2, 0.25) is 6.41 Å². The molecule has 4 nitrogen and oxygen atoms in total. The number of rotatable bonds is 5. The molecule has 0 aromatic heterocycles. The van der Waals surface area contributed by atoms with E-state index in [2.05, 4.69) is 28.4 Å². The Balaban J connectivity index is 1.63. The van der Waals surface area contributed by atoms with E-state index in [1.165, 1.54) is 62.0 Å². The molecule has 1 aromatic rings. The Morgan fingerprint density at radius 1 is 1.25 bits per heavy atom. The molecule has 0 spiro atoms. The van der Waals surface area contributed by atoms with Gasteiger partial charge in [-0.05, 0) is 82.1 Å². The number of aryl methyl sites for hydroxylation is 1. The highest BCUT2D eigenvalue weighted by molar-refractivity contribution is 5.53. The Labute approximate surface area is 146 Å². The Hall–Kier alpha value is -1.10. The van der Waals surface area contributed by atoms with E-state index in [1.54, 1.807) is 0 Å². The summed E-state index contributed by atoms with van der Waals surface area (Å²) in [5.41, 5.74) is 3.97. The van der Waals surface area contributed by atoms with Crippen molar-refractivity contribution in [1.29, 1.82) is 0 Å². The van der Waals surface area contributed by atoms with E-state index >= 15 is 0 Å². The van der Waals surface area contributed by atoms with Gasteiger partial charge in [-0.3, -0.25) is 5.32 Å². The number of ether oxygens (including phenoxy) is 1. The molecule has 2 aliphatic rings. The first-order valence-electron chi connectivity index (χ1n) is 9.39. The van der Waals surface area contributed by atoms with Gasteiger partial charge in [-0.15, -0.1) is 0 Å². The SMILES string of the molecule is CC(C)(C)OC(O)NC[C@@H]1CCCc2cc(N3CCCC3)ccc21. The Morgan fingerprint density at radius 2 is 2.00 bits per heavy atom. The number of nitrogens with one attached hydrogen (secondary N) is 1. The zero-order chi connectivity index (χ0) is 17.2. The van der Waals surface area contributed by atoms with Crippen molar-refractivity contribution in [2.24, 2.45) is 0 Å². The molecule has 4 heteroatoms. The fraction of sp³-hybridized carbons (Fsp3) is 0.700. The first-order chi connectivity index (χ1) is 11.4. The lowest BCUT2D eigenvalue weighted by Gasteiger charge is -2.30. The van der Waals surface area contributed by atoms with Gasteiger partial charge in [0.15, 0.2) is 0 Å². The standard InChI is InChI=1S/C20H32N2O2/c1-20(2,3)24-19(23)21-14-16-8-6-7-15-13-17(9-10-18(15)16)22-11-4-5-12-22/h9-10,13,16,19,21,23H,4-8,11-12,14H2,1-3H3/t16-,19?/m0/s1. The lowest BCUT2D eigenvalue weighted by Crippen LogP contribution is -2.40. The molecule has 3 rings (SSSR count). The third-order valence-electron chi connectivity index (χ3n) is 5.04. The van der Waals surface area contributed by atoms with Crippen molar-refractivity contribution >= 4 is 5.69 Å². The minimum Gasteiger partial charge on any atom is -0.372 e. The Kier molecular flexibility index (Phi) is 5.48. The minimum atomic E-state index is -0.903. The molecule has 1 aromatic carbocycles. The first-order valence-corrected chi connectivity index (χ1v) is 9.39. The van der Waals surface area contributed by atoms with Crippen molar-refractivity contribution in [2.75, 3.05) is 24.5 Å². The lowest BCUT2D eigenvalue weighted by atomic mass is 9.82. The van der Waals surface area contributed by atoms with Gasteiger partial charge in [-0.2, -0.15) is 0 Å². The molecule has 1 fully saturated rings. The van der Waals surface area contributed by atoms with Crippen LogP contribution in [-0.4, -0.2) is 36.8 Å². The highest BCUT2D eigenvalue weighted by Gasteiger charge is 2.23. The maximum Gasteiger partial charge on any atom is 0.214 e. The summed E-state index contributed by atoms with van der Waals surface area (Å²) >= 11 is 0. The van der Waals surface area contributed by atoms with E-state index in [-0.39, 0.29) is 5.60 Å². The van der Waals surface area contributed by atoms with Crippen LogP contribution in [0.3, 0.4) is 0 Å². The maximum atomic E-state index is 10.0. The van der Waals surface area contributed by atoms with Gasteiger partial charge >= 0.3 is 0 Å². The van der Waals surface area contributed by atoms with Crippen LogP contribution in [0.4, 0.5) is 5.69 Å². The molecule has 0 radical (unpaired) electrons. The number of nitrogens with zero attached hydrogens (tertiary/aromatic N) is 1. The molecule has 1 aliphatic carbocycles. The second-order valence-electron chi connectivity index (χ2n) is 8.16. The summed E-state index contributed by atoms with van der Waals surface area (Å²) in [5, 5.41) is 13.2. The predicted molar refractivity (Wildman–Crippen MR) is 98.4 cm³/mol. The second kappa shape index (κ2) is 7.42. The van der Waals surface area contributed by atoms with Gasteiger partial charge in [0.1, 0.15) is 0 Å². The van der Waals surface area contributed by atoms with Gasteiger partial charge < -0.3 is 14.7 Å². The monoisotopic (exact) mass is 332 g/mol. The van der Waals surface area contributed by atoms with E-state index in [4.69, 9.17) is 4.74 Å². The molecule has 1 unspecified atom stereocenters. The van der Waals surface area contributed by atoms with Crippen LogP contribution in [0.5, 0.6) is 0 Å². The highest BCUT2D eigenvalue weighted by atomic mass is 16.6. The minimum absolute atomic E-state index is 0.346. The summed E-state index contributed by atoms with van der Waals surface area (Å²) in [4.78, 5) is 2.50. The number of hydrogen-bond acceptors (Lipinski definition) is 4. The smallest absolute Gasteiger partial charge is 0.214 e. The third-order valence-corrected chi connectivity index (χ3v) is 5.04.